The molecule has 5 heterocycles. The number of anilines is 3. The second kappa shape index (κ2) is 10.2. The Kier molecular flexibility index (Phi) is 6.72. The number of hydrogen-bond acceptors (Lipinski definition) is 11. The lowest BCUT2D eigenvalue weighted by Gasteiger charge is -2.34. The normalized spacial score (nSPS) is 22.7. The van der Waals surface area contributed by atoms with Crippen molar-refractivity contribution in [2.24, 2.45) is 0 Å². The van der Waals surface area contributed by atoms with Gasteiger partial charge in [-0.2, -0.15) is 10.2 Å². The molecule has 2 fully saturated rings. The molecule has 1 aliphatic carbocycles. The van der Waals surface area contributed by atoms with E-state index in [0.717, 1.165) is 100.0 Å². The van der Waals surface area contributed by atoms with Gasteiger partial charge >= 0.3 is 0 Å². The van der Waals surface area contributed by atoms with Crippen molar-refractivity contribution in [3.63, 3.8) is 0 Å². The molecule has 3 aromatic heterocycles. The van der Waals surface area contributed by atoms with E-state index in [1.165, 1.54) is 11.3 Å². The Morgan fingerprint density at radius 3 is 2.74 bits per heavy atom. The first kappa shape index (κ1) is 25.1. The largest absolute Gasteiger partial charge is 0.389 e. The Labute approximate surface area is 227 Å². The van der Waals surface area contributed by atoms with Gasteiger partial charge in [0.25, 0.3) is 0 Å². The highest BCUT2D eigenvalue weighted by atomic mass is 32.1. The van der Waals surface area contributed by atoms with Crippen LogP contribution in [0.15, 0.2) is 16.7 Å². The van der Waals surface area contributed by atoms with Crippen LogP contribution in [-0.4, -0.2) is 79.4 Å². The molecule has 11 heteroatoms. The number of nitrogen functional groups attached to an aromatic ring is 1. The molecular formula is C27H35N9OS. The number of aromatic nitrogens is 3. The van der Waals surface area contributed by atoms with Crippen LogP contribution in [0.1, 0.15) is 48.1 Å². The number of fused-ring (bicyclic) bond motifs is 1. The van der Waals surface area contributed by atoms with Crippen molar-refractivity contribution in [1.82, 2.24) is 25.3 Å². The van der Waals surface area contributed by atoms with Crippen LogP contribution in [0.4, 0.5) is 16.5 Å². The highest BCUT2D eigenvalue weighted by Gasteiger charge is 2.43. The molecule has 0 spiro atoms. The minimum absolute atomic E-state index is 0.486. The molecule has 0 radical (unpaired) electrons. The first-order chi connectivity index (χ1) is 18.5. The highest BCUT2D eigenvalue weighted by Crippen LogP contribution is 2.48. The van der Waals surface area contributed by atoms with Crippen molar-refractivity contribution in [2.75, 3.05) is 74.9 Å². The number of nitriles is 1. The van der Waals surface area contributed by atoms with Gasteiger partial charge < -0.3 is 30.3 Å². The van der Waals surface area contributed by atoms with Crippen molar-refractivity contribution in [1.29, 1.82) is 5.26 Å². The summed E-state index contributed by atoms with van der Waals surface area (Å²) in [5.74, 6) is 1.97. The van der Waals surface area contributed by atoms with Crippen LogP contribution in [0.25, 0.3) is 11.5 Å². The minimum atomic E-state index is -0.549. The number of rotatable bonds is 4. The Bertz CT molecular complexity index is 1340. The molecule has 38 heavy (non-hydrogen) atoms. The van der Waals surface area contributed by atoms with Crippen LogP contribution >= 0.6 is 11.3 Å². The van der Waals surface area contributed by atoms with E-state index in [0.29, 0.717) is 28.0 Å². The maximum Gasteiger partial charge on any atom is 0.237 e. The van der Waals surface area contributed by atoms with Gasteiger partial charge in [0.2, 0.25) is 11.7 Å². The average Bonchev–Trinajstić information content (AvgIpc) is 3.45. The summed E-state index contributed by atoms with van der Waals surface area (Å²) >= 11 is 1.51. The lowest BCUT2D eigenvalue weighted by atomic mass is 9.72. The first-order valence-corrected chi connectivity index (χ1v) is 14.4. The van der Waals surface area contributed by atoms with E-state index in [-0.39, 0.29) is 0 Å². The van der Waals surface area contributed by atoms with Crippen molar-refractivity contribution < 1.29 is 4.52 Å². The van der Waals surface area contributed by atoms with Gasteiger partial charge in [0.05, 0.1) is 11.0 Å². The second-order valence-electron chi connectivity index (χ2n) is 10.8. The van der Waals surface area contributed by atoms with Crippen LogP contribution in [0.2, 0.25) is 0 Å². The van der Waals surface area contributed by atoms with E-state index in [4.69, 9.17) is 20.2 Å². The number of nitrogens with zero attached hydrogens (tertiary/aromatic N) is 7. The second-order valence-corrected chi connectivity index (χ2v) is 11.9. The monoisotopic (exact) mass is 533 g/mol. The zero-order chi connectivity index (χ0) is 26.3. The first-order valence-electron chi connectivity index (χ1n) is 13.5. The SMILES string of the molecule is CN1CCN(c2cc(N3CCCNCC3)cc(-c3noc(C4(C)CCCc5sc(N)c(C#N)c54)n3)n2)CC1. The van der Waals surface area contributed by atoms with Crippen molar-refractivity contribution in [3.05, 3.63) is 34.0 Å². The molecule has 0 aromatic carbocycles. The standard InChI is InChI=1S/C27H35N9OS/c1-27(6-3-5-21-23(27)19(17-28)24(29)38-21)26-32-25(33-37-26)20-15-18(35-9-4-7-30-8-10-35)16-22(31-20)36-13-11-34(2)12-14-36/h15-16,30H,3-14,29H2,1-2H3. The third-order valence-electron chi connectivity index (χ3n) is 8.21. The molecule has 2 saturated heterocycles. The fourth-order valence-electron chi connectivity index (χ4n) is 5.96. The summed E-state index contributed by atoms with van der Waals surface area (Å²) in [4.78, 5) is 18.2. The predicted molar refractivity (Wildman–Crippen MR) is 150 cm³/mol. The van der Waals surface area contributed by atoms with E-state index in [9.17, 15) is 5.26 Å². The molecular weight excluding hydrogens is 498 g/mol. The number of hydrogen-bond donors (Lipinski definition) is 2. The van der Waals surface area contributed by atoms with Gasteiger partial charge in [0.15, 0.2) is 0 Å². The van der Waals surface area contributed by atoms with Crippen molar-refractivity contribution in [2.45, 2.75) is 38.0 Å². The maximum atomic E-state index is 9.85. The molecule has 3 aromatic rings. The van der Waals surface area contributed by atoms with Gasteiger partial charge in [-0.25, -0.2) is 4.98 Å². The van der Waals surface area contributed by atoms with Gasteiger partial charge in [-0.15, -0.1) is 11.3 Å². The minimum Gasteiger partial charge on any atom is -0.389 e. The summed E-state index contributed by atoms with van der Waals surface area (Å²) in [5.41, 5.74) is 9.05. The summed E-state index contributed by atoms with van der Waals surface area (Å²) in [6, 6.07) is 6.63. The van der Waals surface area contributed by atoms with Crippen LogP contribution in [0.5, 0.6) is 0 Å². The predicted octanol–water partition coefficient (Wildman–Crippen LogP) is 2.84. The van der Waals surface area contributed by atoms with Gasteiger partial charge in [0.1, 0.15) is 22.6 Å². The number of piperazine rings is 1. The molecule has 2 aliphatic heterocycles. The number of likely N-dealkylation sites (N-methyl/N-ethyl adjacent to an activating group) is 1. The van der Waals surface area contributed by atoms with Gasteiger partial charge in [-0.05, 0) is 52.3 Å². The van der Waals surface area contributed by atoms with Gasteiger partial charge in [-0.3, -0.25) is 0 Å². The zero-order valence-corrected chi connectivity index (χ0v) is 23.0. The summed E-state index contributed by atoms with van der Waals surface area (Å²) in [6.07, 6.45) is 3.83. The van der Waals surface area contributed by atoms with E-state index in [1.54, 1.807) is 0 Å². The van der Waals surface area contributed by atoms with E-state index in [2.05, 4.69) is 57.3 Å². The lowest BCUT2D eigenvalue weighted by molar-refractivity contribution is 0.300. The summed E-state index contributed by atoms with van der Waals surface area (Å²) in [5, 5.41) is 18.4. The number of pyridine rings is 1. The third-order valence-corrected chi connectivity index (χ3v) is 9.29. The summed E-state index contributed by atoms with van der Waals surface area (Å²) in [6.45, 7) is 9.91. The Morgan fingerprint density at radius 1 is 1.08 bits per heavy atom. The number of nitrogens with one attached hydrogen (secondary N) is 1. The zero-order valence-electron chi connectivity index (χ0n) is 22.2. The van der Waals surface area contributed by atoms with Crippen LogP contribution in [-0.2, 0) is 11.8 Å². The Morgan fingerprint density at radius 2 is 1.92 bits per heavy atom. The quantitative estimate of drug-likeness (QED) is 0.517. The van der Waals surface area contributed by atoms with Crippen LogP contribution in [0.3, 0.4) is 0 Å². The average molecular weight is 534 g/mol. The molecule has 3 aliphatic rings. The van der Waals surface area contributed by atoms with Gasteiger partial charge in [-0.1, -0.05) is 5.16 Å². The third kappa shape index (κ3) is 4.51. The molecule has 0 bridgehead atoms. The molecule has 0 amide bonds. The fourth-order valence-corrected chi connectivity index (χ4v) is 7.15. The van der Waals surface area contributed by atoms with Crippen molar-refractivity contribution >= 4 is 27.8 Å². The molecule has 200 valence electrons. The van der Waals surface area contributed by atoms with E-state index < -0.39 is 5.41 Å². The van der Waals surface area contributed by atoms with Crippen LogP contribution < -0.4 is 20.9 Å². The number of thiophene rings is 1. The smallest absolute Gasteiger partial charge is 0.237 e. The number of nitrogens with two attached hydrogens (primary N) is 1. The Balaban J connectivity index is 1.39. The number of aryl methyl sites for hydroxylation is 1. The molecule has 1 unspecified atom stereocenters. The lowest BCUT2D eigenvalue weighted by Crippen LogP contribution is -2.45. The highest BCUT2D eigenvalue weighted by molar-refractivity contribution is 7.16. The topological polar surface area (TPSA) is 123 Å². The molecule has 1 atom stereocenters. The molecule has 10 nitrogen and oxygen atoms in total. The van der Waals surface area contributed by atoms with Crippen LogP contribution in [0, 0.1) is 11.3 Å². The van der Waals surface area contributed by atoms with Gasteiger partial charge in [0, 0.05) is 68.0 Å². The molecule has 6 rings (SSSR count). The summed E-state index contributed by atoms with van der Waals surface area (Å²) < 4.78 is 5.94. The molecule has 0 saturated carbocycles. The Hall–Kier alpha value is -3.20. The maximum absolute atomic E-state index is 9.85. The van der Waals surface area contributed by atoms with E-state index >= 15 is 0 Å². The summed E-state index contributed by atoms with van der Waals surface area (Å²) in [7, 11) is 2.16. The molecule has 3 N–H and O–H groups in total. The van der Waals surface area contributed by atoms with Crippen molar-refractivity contribution in [3.8, 4) is 17.6 Å². The fraction of sp³-hybridized carbons (Fsp3) is 0.556. The van der Waals surface area contributed by atoms with E-state index in [1.807, 2.05) is 0 Å².